The molecular formula is C14H33NO2. The number of methoxy groups -OCH3 is 1. The summed E-state index contributed by atoms with van der Waals surface area (Å²) in [4.78, 5) is 12.5. The van der Waals surface area contributed by atoms with Crippen molar-refractivity contribution in [3.63, 3.8) is 0 Å². The SMILES string of the molecule is CC.CCC.CCC(C)CCN(C)C(=O)OC. The lowest BCUT2D eigenvalue weighted by atomic mass is 10.1. The summed E-state index contributed by atoms with van der Waals surface area (Å²) in [6.45, 7) is 13.4. The highest BCUT2D eigenvalue weighted by Gasteiger charge is 2.08. The molecule has 0 aromatic heterocycles. The maximum Gasteiger partial charge on any atom is 0.409 e. The smallest absolute Gasteiger partial charge is 0.409 e. The second-order valence-corrected chi connectivity index (χ2v) is 3.90. The first kappa shape index (κ1) is 21.5. The van der Waals surface area contributed by atoms with Crippen LogP contribution in [-0.4, -0.2) is 31.7 Å². The highest BCUT2D eigenvalue weighted by Crippen LogP contribution is 2.06. The van der Waals surface area contributed by atoms with Crippen molar-refractivity contribution in [1.29, 1.82) is 0 Å². The Labute approximate surface area is 109 Å². The van der Waals surface area contributed by atoms with Crippen LogP contribution in [0.2, 0.25) is 0 Å². The average Bonchev–Trinajstić information content (AvgIpc) is 2.37. The number of hydrogen-bond donors (Lipinski definition) is 0. The van der Waals surface area contributed by atoms with Crippen molar-refractivity contribution in [1.82, 2.24) is 4.90 Å². The van der Waals surface area contributed by atoms with Gasteiger partial charge in [0, 0.05) is 13.6 Å². The molecule has 0 aromatic carbocycles. The molecule has 1 unspecified atom stereocenters. The molecule has 1 atom stereocenters. The molecule has 0 aliphatic rings. The lowest BCUT2D eigenvalue weighted by molar-refractivity contribution is 0.131. The molecule has 0 heterocycles. The third-order valence-corrected chi connectivity index (χ3v) is 2.14. The molecule has 0 saturated heterocycles. The van der Waals surface area contributed by atoms with Crippen molar-refractivity contribution in [2.75, 3.05) is 20.7 Å². The largest absolute Gasteiger partial charge is 0.453 e. The molecule has 3 nitrogen and oxygen atoms in total. The van der Waals surface area contributed by atoms with Crippen molar-refractivity contribution in [3.05, 3.63) is 0 Å². The summed E-state index contributed by atoms with van der Waals surface area (Å²) in [5.41, 5.74) is 0. The fourth-order valence-electron chi connectivity index (χ4n) is 0.865. The van der Waals surface area contributed by atoms with Crippen LogP contribution in [0.3, 0.4) is 0 Å². The molecule has 17 heavy (non-hydrogen) atoms. The number of nitrogens with zero attached hydrogens (tertiary/aromatic N) is 1. The zero-order chi connectivity index (χ0) is 14.3. The maximum absolute atomic E-state index is 10.9. The lowest BCUT2D eigenvalue weighted by Crippen LogP contribution is -2.28. The Balaban J connectivity index is -0.000000337. The maximum atomic E-state index is 10.9. The fraction of sp³-hybridized carbons (Fsp3) is 0.929. The topological polar surface area (TPSA) is 29.5 Å². The molecular weight excluding hydrogens is 214 g/mol. The normalized spacial score (nSPS) is 10.1. The van der Waals surface area contributed by atoms with E-state index in [-0.39, 0.29) is 6.09 Å². The standard InChI is InChI=1S/C9H19NO2.C3H8.C2H6/c1-5-8(2)6-7-10(3)9(11)12-4;1-3-2;1-2/h8H,5-7H2,1-4H3;3H2,1-2H3;1-2H3. The molecule has 0 rings (SSSR count). The molecule has 0 spiro atoms. The third kappa shape index (κ3) is 17.9. The van der Waals surface area contributed by atoms with E-state index in [1.165, 1.54) is 13.5 Å². The summed E-state index contributed by atoms with van der Waals surface area (Å²) in [6.07, 6.45) is 3.20. The zero-order valence-corrected chi connectivity index (χ0v) is 13.2. The van der Waals surface area contributed by atoms with E-state index in [9.17, 15) is 4.79 Å². The van der Waals surface area contributed by atoms with Gasteiger partial charge in [-0.1, -0.05) is 54.4 Å². The third-order valence-electron chi connectivity index (χ3n) is 2.14. The van der Waals surface area contributed by atoms with Gasteiger partial charge in [0.05, 0.1) is 7.11 Å². The van der Waals surface area contributed by atoms with Gasteiger partial charge < -0.3 is 9.64 Å². The van der Waals surface area contributed by atoms with Crippen LogP contribution >= 0.6 is 0 Å². The Kier molecular flexibility index (Phi) is 22.4. The van der Waals surface area contributed by atoms with Gasteiger partial charge in [-0.15, -0.1) is 0 Å². The van der Waals surface area contributed by atoms with Crippen LogP contribution in [0.1, 0.15) is 60.8 Å². The predicted molar refractivity (Wildman–Crippen MR) is 76.4 cm³/mol. The summed E-state index contributed by atoms with van der Waals surface area (Å²) in [5, 5.41) is 0. The first-order chi connectivity index (χ1) is 8.03. The van der Waals surface area contributed by atoms with E-state index in [1.54, 1.807) is 11.9 Å². The van der Waals surface area contributed by atoms with Crippen molar-refractivity contribution >= 4 is 6.09 Å². The second kappa shape index (κ2) is 17.7. The summed E-state index contributed by atoms with van der Waals surface area (Å²) in [5.74, 6) is 0.678. The minimum Gasteiger partial charge on any atom is -0.453 e. The van der Waals surface area contributed by atoms with Crippen LogP contribution in [0, 0.1) is 5.92 Å². The lowest BCUT2D eigenvalue weighted by Gasteiger charge is -2.17. The average molecular weight is 247 g/mol. The van der Waals surface area contributed by atoms with Gasteiger partial charge in [0.1, 0.15) is 0 Å². The molecule has 3 heteroatoms. The van der Waals surface area contributed by atoms with E-state index in [0.29, 0.717) is 5.92 Å². The van der Waals surface area contributed by atoms with Gasteiger partial charge in [0.25, 0.3) is 0 Å². The van der Waals surface area contributed by atoms with E-state index in [2.05, 4.69) is 32.4 Å². The monoisotopic (exact) mass is 247 g/mol. The van der Waals surface area contributed by atoms with Gasteiger partial charge >= 0.3 is 6.09 Å². The van der Waals surface area contributed by atoms with Crippen molar-refractivity contribution in [2.24, 2.45) is 5.92 Å². The van der Waals surface area contributed by atoms with Crippen LogP contribution in [-0.2, 0) is 4.74 Å². The highest BCUT2D eigenvalue weighted by atomic mass is 16.5. The number of hydrogen-bond acceptors (Lipinski definition) is 2. The number of carbonyl (C=O) groups is 1. The van der Waals surface area contributed by atoms with E-state index < -0.39 is 0 Å². The molecule has 106 valence electrons. The number of carbonyl (C=O) groups excluding carboxylic acids is 1. The van der Waals surface area contributed by atoms with Gasteiger partial charge in [-0.05, 0) is 12.3 Å². The number of rotatable bonds is 4. The summed E-state index contributed by atoms with van der Waals surface area (Å²) in [7, 11) is 3.16. The minimum absolute atomic E-state index is 0.252. The molecule has 0 fully saturated rings. The highest BCUT2D eigenvalue weighted by molar-refractivity contribution is 5.66. The Bertz CT molecular complexity index is 149. The Hall–Kier alpha value is -0.730. The summed E-state index contributed by atoms with van der Waals surface area (Å²) in [6, 6.07) is 0. The summed E-state index contributed by atoms with van der Waals surface area (Å²) >= 11 is 0. The van der Waals surface area contributed by atoms with Crippen LogP contribution in [0.15, 0.2) is 0 Å². The van der Waals surface area contributed by atoms with Gasteiger partial charge in [0.15, 0.2) is 0 Å². The van der Waals surface area contributed by atoms with Crippen LogP contribution in [0.4, 0.5) is 4.79 Å². The number of amides is 1. The molecule has 0 radical (unpaired) electrons. The van der Waals surface area contributed by atoms with Gasteiger partial charge in [-0.2, -0.15) is 0 Å². The Morgan fingerprint density at radius 3 is 1.94 bits per heavy atom. The van der Waals surface area contributed by atoms with E-state index in [0.717, 1.165) is 19.4 Å². The van der Waals surface area contributed by atoms with Crippen molar-refractivity contribution in [3.8, 4) is 0 Å². The predicted octanol–water partition coefficient (Wildman–Crippen LogP) is 4.56. The quantitative estimate of drug-likeness (QED) is 0.728. The molecule has 0 aliphatic heterocycles. The van der Waals surface area contributed by atoms with E-state index in [1.807, 2.05) is 13.8 Å². The van der Waals surface area contributed by atoms with Crippen LogP contribution in [0.25, 0.3) is 0 Å². The Morgan fingerprint density at radius 1 is 1.24 bits per heavy atom. The van der Waals surface area contributed by atoms with E-state index >= 15 is 0 Å². The first-order valence-electron chi connectivity index (χ1n) is 6.82. The molecule has 0 aliphatic carbocycles. The summed E-state index contributed by atoms with van der Waals surface area (Å²) < 4.78 is 4.56. The van der Waals surface area contributed by atoms with E-state index in [4.69, 9.17) is 0 Å². The minimum atomic E-state index is -0.252. The Morgan fingerprint density at radius 2 is 1.65 bits per heavy atom. The van der Waals surface area contributed by atoms with Crippen molar-refractivity contribution in [2.45, 2.75) is 60.8 Å². The molecule has 1 amide bonds. The van der Waals surface area contributed by atoms with Crippen LogP contribution < -0.4 is 0 Å². The fourth-order valence-corrected chi connectivity index (χ4v) is 0.865. The van der Waals surface area contributed by atoms with Crippen molar-refractivity contribution < 1.29 is 9.53 Å². The molecule has 0 aromatic rings. The molecule has 0 bridgehead atoms. The molecule has 0 N–H and O–H groups in total. The molecule has 0 saturated carbocycles. The first-order valence-corrected chi connectivity index (χ1v) is 6.82. The van der Waals surface area contributed by atoms with Gasteiger partial charge in [0.2, 0.25) is 0 Å². The zero-order valence-electron chi connectivity index (χ0n) is 13.2. The second-order valence-electron chi connectivity index (χ2n) is 3.90. The van der Waals surface area contributed by atoms with Gasteiger partial charge in [-0.25, -0.2) is 4.79 Å². The van der Waals surface area contributed by atoms with Crippen LogP contribution in [0.5, 0.6) is 0 Å². The number of ether oxygens (including phenoxy) is 1. The van der Waals surface area contributed by atoms with Gasteiger partial charge in [-0.3, -0.25) is 0 Å².